The van der Waals surface area contributed by atoms with E-state index in [0.29, 0.717) is 13.1 Å². The van der Waals surface area contributed by atoms with Crippen molar-refractivity contribution in [1.29, 1.82) is 0 Å². The first-order chi connectivity index (χ1) is 11.8. The van der Waals surface area contributed by atoms with Crippen LogP contribution in [0.25, 0.3) is 0 Å². The molecule has 3 N–H and O–H groups in total. The first-order valence-corrected chi connectivity index (χ1v) is 7.94. The number of anilines is 1. The second-order valence-corrected chi connectivity index (χ2v) is 6.56. The summed E-state index contributed by atoms with van der Waals surface area (Å²) in [5, 5.41) is 6.64. The van der Waals surface area contributed by atoms with Crippen LogP contribution in [0.15, 0.2) is 30.5 Å². The Hall–Kier alpha value is -2.90. The van der Waals surface area contributed by atoms with Crippen molar-refractivity contribution in [2.24, 2.45) is 12.8 Å². The summed E-state index contributed by atoms with van der Waals surface area (Å²) < 4.78 is 14.5. The number of nitrogens with one attached hydrogen (secondary N) is 1. The lowest BCUT2D eigenvalue weighted by atomic mass is 9.82. The number of aromatic nitrogens is 2. The number of hydrogen-bond acceptors (Lipinski definition) is 3. The summed E-state index contributed by atoms with van der Waals surface area (Å²) >= 11 is 0. The quantitative estimate of drug-likeness (QED) is 0.889. The smallest absolute Gasteiger partial charge is 0.321 e. The van der Waals surface area contributed by atoms with Gasteiger partial charge in [-0.1, -0.05) is 19.1 Å². The monoisotopic (exact) mass is 345 g/mol. The number of nitrogens with zero attached hydrogens (tertiary/aromatic N) is 3. The topological polar surface area (TPSA) is 93.2 Å². The third kappa shape index (κ3) is 3.19. The van der Waals surface area contributed by atoms with Gasteiger partial charge in [0.1, 0.15) is 11.5 Å². The van der Waals surface area contributed by atoms with Crippen LogP contribution >= 0.6 is 0 Å². The molecule has 1 aromatic carbocycles. The van der Waals surface area contributed by atoms with E-state index in [9.17, 15) is 14.0 Å². The molecule has 0 radical (unpaired) electrons. The maximum Gasteiger partial charge on any atom is 0.321 e. The highest BCUT2D eigenvalue weighted by Gasteiger charge is 2.37. The Morgan fingerprint density at radius 1 is 1.32 bits per heavy atom. The number of carbonyl (C=O) groups excluding carboxylic acids is 2. The van der Waals surface area contributed by atoms with Crippen LogP contribution in [0, 0.1) is 5.82 Å². The van der Waals surface area contributed by atoms with Crippen LogP contribution in [0.1, 0.15) is 29.4 Å². The number of nitrogens with two attached hydrogens (primary N) is 1. The highest BCUT2D eigenvalue weighted by molar-refractivity contribution is 6.01. The minimum atomic E-state index is -0.659. The molecule has 7 nitrogen and oxygen atoms in total. The van der Waals surface area contributed by atoms with Gasteiger partial charge in [0, 0.05) is 25.6 Å². The molecule has 1 aromatic heterocycles. The van der Waals surface area contributed by atoms with Crippen LogP contribution in [-0.4, -0.2) is 39.7 Å². The number of benzene rings is 1. The molecule has 132 valence electrons. The number of carbonyl (C=O) groups is 2. The molecule has 2 heterocycles. The van der Waals surface area contributed by atoms with Gasteiger partial charge in [-0.05, 0) is 24.1 Å². The molecule has 1 fully saturated rings. The molecule has 25 heavy (non-hydrogen) atoms. The van der Waals surface area contributed by atoms with Crippen LogP contribution in [0.3, 0.4) is 0 Å². The van der Waals surface area contributed by atoms with Gasteiger partial charge >= 0.3 is 6.03 Å². The van der Waals surface area contributed by atoms with Crippen LogP contribution in [0.5, 0.6) is 0 Å². The molecule has 3 amide bonds. The largest absolute Gasteiger partial charge is 0.364 e. The molecule has 0 bridgehead atoms. The van der Waals surface area contributed by atoms with Crippen molar-refractivity contribution in [3.8, 4) is 0 Å². The lowest BCUT2D eigenvalue weighted by Gasteiger charge is -2.25. The number of primary amides is 1. The van der Waals surface area contributed by atoms with E-state index in [2.05, 4.69) is 10.4 Å². The predicted molar refractivity (Wildman–Crippen MR) is 90.7 cm³/mol. The standard InChI is InChI=1S/C17H20FN5O2/c1-17(11-3-5-12(18)6-4-11)7-8-23(10-17)16(25)21-13-9-20-22(2)14(13)15(19)24/h3-6,9H,7-8,10H2,1-2H3,(H2,19,24)(H,21,25). The van der Waals surface area contributed by atoms with Crippen LogP contribution in [0.2, 0.25) is 0 Å². The van der Waals surface area contributed by atoms with Gasteiger partial charge in [-0.3, -0.25) is 9.48 Å². The van der Waals surface area contributed by atoms with E-state index < -0.39 is 5.91 Å². The van der Waals surface area contributed by atoms with E-state index in [1.165, 1.54) is 23.0 Å². The van der Waals surface area contributed by atoms with Gasteiger partial charge in [0.2, 0.25) is 0 Å². The summed E-state index contributed by atoms with van der Waals surface area (Å²) in [6.45, 7) is 3.11. The number of hydrogen-bond donors (Lipinski definition) is 2. The number of aryl methyl sites for hydroxylation is 1. The molecule has 3 rings (SSSR count). The second-order valence-electron chi connectivity index (χ2n) is 6.56. The Kier molecular flexibility index (Phi) is 4.20. The molecule has 8 heteroatoms. The SMILES string of the molecule is Cn1ncc(NC(=O)N2CCC(C)(c3ccc(F)cc3)C2)c1C(N)=O. The third-order valence-corrected chi connectivity index (χ3v) is 4.72. The Labute approximate surface area is 144 Å². The fourth-order valence-electron chi connectivity index (χ4n) is 3.24. The lowest BCUT2D eigenvalue weighted by Crippen LogP contribution is -2.36. The Morgan fingerprint density at radius 3 is 2.64 bits per heavy atom. The first kappa shape index (κ1) is 16.9. The molecule has 1 aliphatic heterocycles. The van der Waals surface area contributed by atoms with E-state index in [-0.39, 0.29) is 28.6 Å². The normalized spacial score (nSPS) is 19.9. The molecule has 2 aromatic rings. The first-order valence-electron chi connectivity index (χ1n) is 7.94. The van der Waals surface area contributed by atoms with Crippen molar-refractivity contribution < 1.29 is 14.0 Å². The van der Waals surface area contributed by atoms with Crippen LogP contribution < -0.4 is 11.1 Å². The van der Waals surface area contributed by atoms with Crippen LogP contribution in [0.4, 0.5) is 14.9 Å². The van der Waals surface area contributed by atoms with Gasteiger partial charge in [0.05, 0.1) is 11.9 Å². The third-order valence-electron chi connectivity index (χ3n) is 4.72. The summed E-state index contributed by atoms with van der Waals surface area (Å²) in [6, 6.07) is 6.05. The van der Waals surface area contributed by atoms with Gasteiger partial charge in [-0.2, -0.15) is 5.10 Å². The zero-order chi connectivity index (χ0) is 18.2. The Balaban J connectivity index is 1.73. The predicted octanol–water partition coefficient (Wildman–Crippen LogP) is 1.85. The number of likely N-dealkylation sites (tertiary alicyclic amines) is 1. The van der Waals surface area contributed by atoms with Crippen molar-refractivity contribution in [3.63, 3.8) is 0 Å². The zero-order valence-corrected chi connectivity index (χ0v) is 14.1. The van der Waals surface area contributed by atoms with E-state index in [1.54, 1.807) is 24.1 Å². The lowest BCUT2D eigenvalue weighted by molar-refractivity contribution is 0.0992. The number of halogens is 1. The number of rotatable bonds is 3. The van der Waals surface area contributed by atoms with Crippen molar-refractivity contribution in [2.75, 3.05) is 18.4 Å². The average molecular weight is 345 g/mol. The average Bonchev–Trinajstić information content (AvgIpc) is 3.12. The highest BCUT2D eigenvalue weighted by Crippen LogP contribution is 2.34. The fraction of sp³-hybridized carbons (Fsp3) is 0.353. The van der Waals surface area contributed by atoms with Gasteiger partial charge < -0.3 is 16.0 Å². The minimum absolute atomic E-state index is 0.147. The summed E-state index contributed by atoms with van der Waals surface area (Å²) in [4.78, 5) is 25.7. The zero-order valence-electron chi connectivity index (χ0n) is 14.1. The molecule has 1 aliphatic rings. The van der Waals surface area contributed by atoms with Gasteiger partial charge in [-0.15, -0.1) is 0 Å². The van der Waals surface area contributed by atoms with Crippen molar-refractivity contribution in [3.05, 3.63) is 47.5 Å². The van der Waals surface area contributed by atoms with E-state index in [1.807, 2.05) is 6.92 Å². The molecule has 1 saturated heterocycles. The van der Waals surface area contributed by atoms with Gasteiger partial charge in [0.25, 0.3) is 5.91 Å². The summed E-state index contributed by atoms with van der Waals surface area (Å²) in [6.07, 6.45) is 2.16. The van der Waals surface area contributed by atoms with E-state index >= 15 is 0 Å². The molecule has 0 aliphatic carbocycles. The summed E-state index contributed by atoms with van der Waals surface area (Å²) in [5.74, 6) is -0.941. The molecular weight excluding hydrogens is 325 g/mol. The van der Waals surface area contributed by atoms with Crippen molar-refractivity contribution in [1.82, 2.24) is 14.7 Å². The molecule has 1 atom stereocenters. The highest BCUT2D eigenvalue weighted by atomic mass is 19.1. The van der Waals surface area contributed by atoms with Gasteiger partial charge in [-0.25, -0.2) is 9.18 Å². The molecule has 1 unspecified atom stereocenters. The Morgan fingerprint density at radius 2 is 2.00 bits per heavy atom. The maximum atomic E-state index is 13.1. The minimum Gasteiger partial charge on any atom is -0.364 e. The van der Waals surface area contributed by atoms with Crippen LogP contribution in [-0.2, 0) is 12.5 Å². The second kappa shape index (κ2) is 6.19. The maximum absolute atomic E-state index is 13.1. The number of urea groups is 1. The van der Waals surface area contributed by atoms with Crippen molar-refractivity contribution >= 4 is 17.6 Å². The van der Waals surface area contributed by atoms with Gasteiger partial charge in [0.15, 0.2) is 0 Å². The molecular formula is C17H20FN5O2. The fourth-order valence-corrected chi connectivity index (χ4v) is 3.24. The molecule has 0 spiro atoms. The van der Waals surface area contributed by atoms with E-state index in [0.717, 1.165) is 12.0 Å². The summed E-state index contributed by atoms with van der Waals surface area (Å²) in [5.41, 5.74) is 6.51. The van der Waals surface area contributed by atoms with E-state index in [4.69, 9.17) is 5.73 Å². The summed E-state index contributed by atoms with van der Waals surface area (Å²) in [7, 11) is 1.58. The Bertz CT molecular complexity index is 817. The van der Waals surface area contributed by atoms with Crippen molar-refractivity contribution in [2.45, 2.75) is 18.8 Å². The molecule has 0 saturated carbocycles. The number of amides is 3.